The van der Waals surface area contributed by atoms with Crippen molar-refractivity contribution < 1.29 is 23.8 Å². The van der Waals surface area contributed by atoms with E-state index in [1.807, 2.05) is 29.2 Å². The zero-order valence-corrected chi connectivity index (χ0v) is 14.7. The summed E-state index contributed by atoms with van der Waals surface area (Å²) >= 11 is 0. The predicted octanol–water partition coefficient (Wildman–Crippen LogP) is 2.58. The number of carbonyl (C=O) groups excluding carboxylic acids is 1. The molecule has 1 saturated heterocycles. The Morgan fingerprint density at radius 1 is 1.12 bits per heavy atom. The molecule has 2 aliphatic rings. The third kappa shape index (κ3) is 3.17. The molecule has 138 valence electrons. The van der Waals surface area contributed by atoms with Crippen molar-refractivity contribution in [2.45, 2.75) is 25.0 Å². The number of carbonyl (C=O) groups is 1. The largest absolute Gasteiger partial charge is 0.493 e. The maximum atomic E-state index is 12.5. The van der Waals surface area contributed by atoms with Gasteiger partial charge in [0.25, 0.3) is 5.91 Å². The first-order valence-electron chi connectivity index (χ1n) is 8.96. The molecule has 1 aliphatic carbocycles. The van der Waals surface area contributed by atoms with Crippen LogP contribution < -0.4 is 9.47 Å². The molecule has 0 spiro atoms. The second-order valence-electron chi connectivity index (χ2n) is 7.05. The number of fused-ring (bicyclic) bond motifs is 1. The molecule has 1 aromatic heterocycles. The van der Waals surface area contributed by atoms with Gasteiger partial charge in [-0.25, -0.2) is 0 Å². The Bertz CT molecular complexity index is 759. The normalized spacial score (nSPS) is 27.8. The van der Waals surface area contributed by atoms with Crippen LogP contribution in [0.5, 0.6) is 11.5 Å². The molecule has 0 unspecified atom stereocenters. The summed E-state index contributed by atoms with van der Waals surface area (Å²) in [6, 6.07) is 10.9. The van der Waals surface area contributed by atoms with Crippen LogP contribution in [-0.4, -0.2) is 48.3 Å². The van der Waals surface area contributed by atoms with Gasteiger partial charge < -0.3 is 23.9 Å². The molecule has 0 bridgehead atoms. The topological polar surface area (TPSA) is 72.1 Å². The lowest BCUT2D eigenvalue weighted by Crippen LogP contribution is -2.42. The molecule has 0 radical (unpaired) electrons. The first-order chi connectivity index (χ1) is 12.7. The van der Waals surface area contributed by atoms with E-state index >= 15 is 0 Å². The molecular weight excluding hydrogens is 334 g/mol. The highest BCUT2D eigenvalue weighted by Crippen LogP contribution is 2.39. The Morgan fingerprint density at radius 3 is 2.54 bits per heavy atom. The Morgan fingerprint density at radius 2 is 1.85 bits per heavy atom. The zero-order valence-electron chi connectivity index (χ0n) is 14.7. The monoisotopic (exact) mass is 357 g/mol. The van der Waals surface area contributed by atoms with E-state index in [4.69, 9.17) is 13.9 Å². The Kier molecular flexibility index (Phi) is 4.59. The molecule has 6 heteroatoms. The van der Waals surface area contributed by atoms with E-state index < -0.39 is 6.10 Å². The summed E-state index contributed by atoms with van der Waals surface area (Å²) in [7, 11) is 1.60. The summed E-state index contributed by atoms with van der Waals surface area (Å²) < 4.78 is 16.6. The fourth-order valence-corrected chi connectivity index (χ4v) is 4.12. The molecule has 1 amide bonds. The highest BCUT2D eigenvalue weighted by Gasteiger charge is 2.44. The lowest BCUT2D eigenvalue weighted by molar-refractivity contribution is -0.0240. The number of furan rings is 1. The summed E-state index contributed by atoms with van der Waals surface area (Å²) in [5.41, 5.74) is 0. The Labute approximate surface area is 152 Å². The maximum absolute atomic E-state index is 12.5. The van der Waals surface area contributed by atoms with Gasteiger partial charge in [0.05, 0.1) is 19.5 Å². The van der Waals surface area contributed by atoms with Gasteiger partial charge in [0, 0.05) is 13.1 Å². The van der Waals surface area contributed by atoms with Gasteiger partial charge in [0.1, 0.15) is 6.10 Å². The number of nitrogens with zero attached hydrogens (tertiary/aromatic N) is 1. The van der Waals surface area contributed by atoms with Crippen LogP contribution in [0.15, 0.2) is 47.1 Å². The molecule has 4 rings (SSSR count). The number of hydrogen-bond acceptors (Lipinski definition) is 5. The number of aliphatic hydroxyl groups excluding tert-OH is 1. The first kappa shape index (κ1) is 17.0. The molecule has 1 saturated carbocycles. The van der Waals surface area contributed by atoms with Gasteiger partial charge in [-0.2, -0.15) is 0 Å². The van der Waals surface area contributed by atoms with Crippen LogP contribution in [-0.2, 0) is 0 Å². The minimum atomic E-state index is -0.556. The second-order valence-corrected chi connectivity index (χ2v) is 7.05. The number of aliphatic hydroxyl groups is 1. The molecule has 6 nitrogen and oxygen atoms in total. The second kappa shape index (κ2) is 7.03. The van der Waals surface area contributed by atoms with Crippen molar-refractivity contribution in [3.63, 3.8) is 0 Å². The van der Waals surface area contributed by atoms with Crippen LogP contribution in [0, 0.1) is 11.8 Å². The number of likely N-dealkylation sites (tertiary alicyclic amines) is 1. The smallest absolute Gasteiger partial charge is 0.289 e. The fraction of sp³-hybridized carbons (Fsp3) is 0.450. The standard InChI is InChI=1S/C20H23NO5/c1-24-16-5-2-3-6-17(16)26-19-10-14-12-21(11-13(14)9-15(19)22)20(23)18-7-4-8-25-18/h2-8,13-15,19,22H,9-12H2,1H3/t13-,14+,15+,19+/m0/s1. The average molecular weight is 357 g/mol. The minimum absolute atomic E-state index is 0.0823. The lowest BCUT2D eigenvalue weighted by atomic mass is 9.78. The maximum Gasteiger partial charge on any atom is 0.289 e. The summed E-state index contributed by atoms with van der Waals surface area (Å²) in [6.07, 6.45) is 2.00. The van der Waals surface area contributed by atoms with E-state index in [9.17, 15) is 9.90 Å². The Hall–Kier alpha value is -2.47. The number of hydrogen-bond donors (Lipinski definition) is 1. The van der Waals surface area contributed by atoms with E-state index in [2.05, 4.69) is 0 Å². The van der Waals surface area contributed by atoms with Gasteiger partial charge in [-0.15, -0.1) is 0 Å². The van der Waals surface area contributed by atoms with Crippen LogP contribution in [0.1, 0.15) is 23.4 Å². The van der Waals surface area contributed by atoms with Crippen molar-refractivity contribution in [3.05, 3.63) is 48.4 Å². The summed E-state index contributed by atoms with van der Waals surface area (Å²) in [5.74, 6) is 2.19. The lowest BCUT2D eigenvalue weighted by Gasteiger charge is -2.35. The van der Waals surface area contributed by atoms with Crippen LogP contribution in [0.4, 0.5) is 0 Å². The van der Waals surface area contributed by atoms with E-state index in [1.54, 1.807) is 19.2 Å². The van der Waals surface area contributed by atoms with Crippen molar-refractivity contribution >= 4 is 5.91 Å². The van der Waals surface area contributed by atoms with Gasteiger partial charge in [0.15, 0.2) is 17.3 Å². The third-order valence-electron chi connectivity index (χ3n) is 5.45. The highest BCUT2D eigenvalue weighted by atomic mass is 16.5. The molecule has 4 atom stereocenters. The number of rotatable bonds is 4. The summed E-state index contributed by atoms with van der Waals surface area (Å²) in [5, 5.41) is 10.6. The average Bonchev–Trinajstić information content (AvgIpc) is 3.31. The van der Waals surface area contributed by atoms with Crippen molar-refractivity contribution in [1.29, 1.82) is 0 Å². The van der Waals surface area contributed by atoms with Gasteiger partial charge >= 0.3 is 0 Å². The van der Waals surface area contributed by atoms with Gasteiger partial charge in [-0.3, -0.25) is 4.79 Å². The van der Waals surface area contributed by atoms with Crippen LogP contribution >= 0.6 is 0 Å². The fourth-order valence-electron chi connectivity index (χ4n) is 4.12. The minimum Gasteiger partial charge on any atom is -0.493 e. The number of benzene rings is 1. The molecular formula is C20H23NO5. The van der Waals surface area contributed by atoms with E-state index in [0.29, 0.717) is 55.0 Å². The number of ether oxygens (including phenoxy) is 2. The quantitative estimate of drug-likeness (QED) is 0.911. The molecule has 2 heterocycles. The molecule has 1 N–H and O–H groups in total. The third-order valence-corrected chi connectivity index (χ3v) is 5.45. The SMILES string of the molecule is COc1ccccc1O[C@@H]1C[C@@H]2CN(C(=O)c3ccco3)C[C@@H]2C[C@H]1O. The number of amides is 1. The number of methoxy groups -OCH3 is 1. The summed E-state index contributed by atoms with van der Waals surface area (Å²) in [4.78, 5) is 14.3. The van der Waals surface area contributed by atoms with Crippen LogP contribution in [0.3, 0.4) is 0 Å². The highest BCUT2D eigenvalue weighted by molar-refractivity contribution is 5.91. The van der Waals surface area contributed by atoms with Gasteiger partial charge in [-0.05, 0) is 48.9 Å². The predicted molar refractivity (Wildman–Crippen MR) is 94.2 cm³/mol. The van der Waals surface area contributed by atoms with Gasteiger partial charge in [0.2, 0.25) is 0 Å². The van der Waals surface area contributed by atoms with Gasteiger partial charge in [-0.1, -0.05) is 12.1 Å². The van der Waals surface area contributed by atoms with E-state index in [-0.39, 0.29) is 12.0 Å². The molecule has 1 aliphatic heterocycles. The van der Waals surface area contributed by atoms with Crippen LogP contribution in [0.25, 0.3) is 0 Å². The van der Waals surface area contributed by atoms with Crippen LogP contribution in [0.2, 0.25) is 0 Å². The first-order valence-corrected chi connectivity index (χ1v) is 8.96. The van der Waals surface area contributed by atoms with Crippen molar-refractivity contribution in [2.24, 2.45) is 11.8 Å². The zero-order chi connectivity index (χ0) is 18.1. The van der Waals surface area contributed by atoms with Crippen molar-refractivity contribution in [3.8, 4) is 11.5 Å². The van der Waals surface area contributed by atoms with Crippen molar-refractivity contribution in [1.82, 2.24) is 4.90 Å². The molecule has 26 heavy (non-hydrogen) atoms. The van der Waals surface area contributed by atoms with E-state index in [1.165, 1.54) is 6.26 Å². The molecule has 2 aromatic rings. The summed E-state index contributed by atoms with van der Waals surface area (Å²) in [6.45, 7) is 1.32. The van der Waals surface area contributed by atoms with Crippen molar-refractivity contribution in [2.75, 3.05) is 20.2 Å². The molecule has 2 fully saturated rings. The number of para-hydroxylation sites is 2. The molecule has 1 aromatic carbocycles. The Balaban J connectivity index is 1.44. The van der Waals surface area contributed by atoms with E-state index in [0.717, 1.165) is 0 Å².